The molecule has 20 heavy (non-hydrogen) atoms. The zero-order valence-electron chi connectivity index (χ0n) is 12.5. The number of nitrogens with two attached hydrogens (primary N) is 1. The molecule has 0 aliphatic heterocycles. The summed E-state index contributed by atoms with van der Waals surface area (Å²) < 4.78 is 0. The fourth-order valence-electron chi connectivity index (χ4n) is 2.12. The van der Waals surface area contributed by atoms with Gasteiger partial charge in [0.25, 0.3) is 0 Å². The van der Waals surface area contributed by atoms with Crippen molar-refractivity contribution in [2.45, 2.75) is 39.8 Å². The van der Waals surface area contributed by atoms with Crippen LogP contribution in [0.15, 0.2) is 0 Å². The zero-order chi connectivity index (χ0) is 14.9. The van der Waals surface area contributed by atoms with Gasteiger partial charge in [-0.25, -0.2) is 9.97 Å². The van der Waals surface area contributed by atoms with Crippen molar-refractivity contribution in [1.82, 2.24) is 14.9 Å². The standard InChI is InChI=1S/C14H22N4OS/c1-8(19)5-6-18(4)7-11-16-13(15)12-9(2)10(3)20-14(12)17-11/h8,19H,5-7H2,1-4H3,(H2,15,16,17). The Bertz CT molecular complexity index is 609. The molecule has 5 nitrogen and oxygen atoms in total. The van der Waals surface area contributed by atoms with Gasteiger partial charge in [0.1, 0.15) is 16.5 Å². The molecule has 0 saturated heterocycles. The molecule has 0 amide bonds. The number of rotatable bonds is 5. The van der Waals surface area contributed by atoms with Crippen molar-refractivity contribution in [2.24, 2.45) is 0 Å². The molecule has 0 bridgehead atoms. The summed E-state index contributed by atoms with van der Waals surface area (Å²) in [6, 6.07) is 0. The Morgan fingerprint density at radius 1 is 1.35 bits per heavy atom. The maximum Gasteiger partial charge on any atom is 0.146 e. The van der Waals surface area contributed by atoms with Crippen molar-refractivity contribution in [3.8, 4) is 0 Å². The molecular weight excluding hydrogens is 272 g/mol. The molecule has 0 fully saturated rings. The minimum atomic E-state index is -0.284. The Labute approximate surface area is 123 Å². The number of nitrogens with zero attached hydrogens (tertiary/aromatic N) is 3. The van der Waals surface area contributed by atoms with Crippen LogP contribution >= 0.6 is 11.3 Å². The number of hydrogen-bond donors (Lipinski definition) is 2. The number of aryl methyl sites for hydroxylation is 2. The smallest absolute Gasteiger partial charge is 0.146 e. The Morgan fingerprint density at radius 3 is 2.70 bits per heavy atom. The van der Waals surface area contributed by atoms with E-state index in [1.807, 2.05) is 7.05 Å². The van der Waals surface area contributed by atoms with Gasteiger partial charge in [0, 0.05) is 11.4 Å². The van der Waals surface area contributed by atoms with Crippen LogP contribution in [0, 0.1) is 13.8 Å². The number of thiophene rings is 1. The van der Waals surface area contributed by atoms with Gasteiger partial charge >= 0.3 is 0 Å². The Hall–Kier alpha value is -1.24. The fourth-order valence-corrected chi connectivity index (χ4v) is 3.18. The molecule has 1 unspecified atom stereocenters. The first-order valence-electron chi connectivity index (χ1n) is 6.77. The molecule has 2 heterocycles. The molecular formula is C14H22N4OS. The van der Waals surface area contributed by atoms with Gasteiger partial charge in [0.2, 0.25) is 0 Å². The van der Waals surface area contributed by atoms with Crippen LogP contribution in [-0.2, 0) is 6.54 Å². The highest BCUT2D eigenvalue weighted by atomic mass is 32.1. The minimum absolute atomic E-state index is 0.284. The SMILES string of the molecule is Cc1sc2nc(CN(C)CCC(C)O)nc(N)c2c1C. The van der Waals surface area contributed by atoms with E-state index in [0.29, 0.717) is 12.4 Å². The second kappa shape index (κ2) is 6.03. The van der Waals surface area contributed by atoms with Gasteiger partial charge in [-0.15, -0.1) is 11.3 Å². The summed E-state index contributed by atoms with van der Waals surface area (Å²) in [6.45, 7) is 7.38. The molecule has 0 spiro atoms. The van der Waals surface area contributed by atoms with E-state index in [1.54, 1.807) is 18.3 Å². The quantitative estimate of drug-likeness (QED) is 0.883. The van der Waals surface area contributed by atoms with E-state index in [9.17, 15) is 5.11 Å². The molecule has 110 valence electrons. The monoisotopic (exact) mass is 294 g/mol. The van der Waals surface area contributed by atoms with Crippen molar-refractivity contribution in [3.05, 3.63) is 16.3 Å². The summed E-state index contributed by atoms with van der Waals surface area (Å²) in [7, 11) is 2.00. The number of nitrogen functional groups attached to an aromatic ring is 1. The predicted octanol–water partition coefficient (Wildman–Crippen LogP) is 2.09. The van der Waals surface area contributed by atoms with Crippen molar-refractivity contribution in [3.63, 3.8) is 0 Å². The molecule has 6 heteroatoms. The Kier molecular flexibility index (Phi) is 4.57. The van der Waals surface area contributed by atoms with Crippen LogP contribution in [-0.4, -0.2) is 39.7 Å². The Morgan fingerprint density at radius 2 is 2.05 bits per heavy atom. The van der Waals surface area contributed by atoms with Crippen LogP contribution in [0.4, 0.5) is 5.82 Å². The first-order chi connectivity index (χ1) is 9.38. The molecule has 2 aromatic rings. The molecule has 0 radical (unpaired) electrons. The number of aliphatic hydroxyl groups excluding tert-OH is 1. The molecule has 1 atom stereocenters. The molecule has 0 aliphatic rings. The Balaban J connectivity index is 2.19. The highest BCUT2D eigenvalue weighted by molar-refractivity contribution is 7.18. The van der Waals surface area contributed by atoms with E-state index < -0.39 is 0 Å². The summed E-state index contributed by atoms with van der Waals surface area (Å²) in [5.74, 6) is 1.31. The highest BCUT2D eigenvalue weighted by Gasteiger charge is 2.13. The molecule has 0 aliphatic carbocycles. The first kappa shape index (κ1) is 15.2. The van der Waals surface area contributed by atoms with Crippen LogP contribution in [0.2, 0.25) is 0 Å². The third kappa shape index (κ3) is 3.26. The fraction of sp³-hybridized carbons (Fsp3) is 0.571. The molecule has 0 aromatic carbocycles. The summed E-state index contributed by atoms with van der Waals surface area (Å²) in [4.78, 5) is 13.3. The molecule has 2 rings (SSSR count). The number of hydrogen-bond acceptors (Lipinski definition) is 6. The third-order valence-corrected chi connectivity index (χ3v) is 4.54. The van der Waals surface area contributed by atoms with Gasteiger partial charge in [-0.05, 0) is 39.8 Å². The number of anilines is 1. The average molecular weight is 294 g/mol. The van der Waals surface area contributed by atoms with Crippen LogP contribution in [0.1, 0.15) is 29.6 Å². The largest absolute Gasteiger partial charge is 0.393 e. The van der Waals surface area contributed by atoms with E-state index in [4.69, 9.17) is 5.73 Å². The maximum absolute atomic E-state index is 9.31. The topological polar surface area (TPSA) is 75.3 Å². The van der Waals surface area contributed by atoms with E-state index >= 15 is 0 Å². The lowest BCUT2D eigenvalue weighted by atomic mass is 10.2. The first-order valence-corrected chi connectivity index (χ1v) is 7.58. The van der Waals surface area contributed by atoms with Gasteiger partial charge in [0.05, 0.1) is 18.0 Å². The highest BCUT2D eigenvalue weighted by Crippen LogP contribution is 2.31. The molecule has 0 saturated carbocycles. The number of fused-ring (bicyclic) bond motifs is 1. The number of aromatic nitrogens is 2. The van der Waals surface area contributed by atoms with Crippen LogP contribution < -0.4 is 5.73 Å². The van der Waals surface area contributed by atoms with E-state index in [2.05, 4.69) is 28.7 Å². The molecule has 2 aromatic heterocycles. The lowest BCUT2D eigenvalue weighted by Gasteiger charge is -2.16. The summed E-state index contributed by atoms with van der Waals surface area (Å²) in [5.41, 5.74) is 7.24. The lowest BCUT2D eigenvalue weighted by Crippen LogP contribution is -2.23. The average Bonchev–Trinajstić information content (AvgIpc) is 2.62. The van der Waals surface area contributed by atoms with Gasteiger partial charge in [-0.1, -0.05) is 0 Å². The van der Waals surface area contributed by atoms with Crippen molar-refractivity contribution in [1.29, 1.82) is 0 Å². The molecule has 3 N–H and O–H groups in total. The van der Waals surface area contributed by atoms with Crippen molar-refractivity contribution < 1.29 is 5.11 Å². The summed E-state index contributed by atoms with van der Waals surface area (Å²) in [5, 5.41) is 10.3. The van der Waals surface area contributed by atoms with Gasteiger partial charge in [-0.2, -0.15) is 0 Å². The lowest BCUT2D eigenvalue weighted by molar-refractivity contribution is 0.162. The van der Waals surface area contributed by atoms with Crippen LogP contribution in [0.25, 0.3) is 10.2 Å². The second-order valence-corrected chi connectivity index (χ2v) is 6.57. The van der Waals surface area contributed by atoms with Gasteiger partial charge in [-0.3, -0.25) is 4.90 Å². The van der Waals surface area contributed by atoms with E-state index in [0.717, 1.165) is 29.0 Å². The van der Waals surface area contributed by atoms with Gasteiger partial charge in [0.15, 0.2) is 0 Å². The van der Waals surface area contributed by atoms with Gasteiger partial charge < -0.3 is 10.8 Å². The van der Waals surface area contributed by atoms with Crippen LogP contribution in [0.3, 0.4) is 0 Å². The maximum atomic E-state index is 9.31. The van der Waals surface area contributed by atoms with Crippen LogP contribution in [0.5, 0.6) is 0 Å². The van der Waals surface area contributed by atoms with E-state index in [1.165, 1.54) is 10.4 Å². The minimum Gasteiger partial charge on any atom is -0.393 e. The van der Waals surface area contributed by atoms with E-state index in [-0.39, 0.29) is 6.10 Å². The third-order valence-electron chi connectivity index (χ3n) is 3.44. The predicted molar refractivity (Wildman–Crippen MR) is 83.9 cm³/mol. The number of aliphatic hydroxyl groups is 1. The normalized spacial score (nSPS) is 13.3. The summed E-state index contributed by atoms with van der Waals surface area (Å²) >= 11 is 1.66. The van der Waals surface area contributed by atoms with Crippen molar-refractivity contribution in [2.75, 3.05) is 19.3 Å². The zero-order valence-corrected chi connectivity index (χ0v) is 13.3. The van der Waals surface area contributed by atoms with Crippen molar-refractivity contribution >= 4 is 27.4 Å². The summed E-state index contributed by atoms with van der Waals surface area (Å²) in [6.07, 6.45) is 0.458. The second-order valence-electron chi connectivity index (χ2n) is 5.36.